The Bertz CT molecular complexity index is 2080. The van der Waals surface area contributed by atoms with Crippen LogP contribution < -0.4 is 4.90 Å². The van der Waals surface area contributed by atoms with Gasteiger partial charge >= 0.3 is 0 Å². The molecule has 3 aromatic carbocycles. The Morgan fingerprint density at radius 2 is 1.56 bits per heavy atom. The lowest BCUT2D eigenvalue weighted by Gasteiger charge is -2.67. The summed E-state index contributed by atoms with van der Waals surface area (Å²) in [4.78, 5) is 2.64. The van der Waals surface area contributed by atoms with Gasteiger partial charge in [0.05, 0.1) is 18.2 Å². The Morgan fingerprint density at radius 3 is 2.46 bits per heavy atom. The number of nitrogens with zero attached hydrogens (tertiary/aromatic N) is 1. The molecule has 1 spiro atoms. The van der Waals surface area contributed by atoms with Gasteiger partial charge in [0.25, 0.3) is 0 Å². The zero-order valence-electron chi connectivity index (χ0n) is 29.7. The van der Waals surface area contributed by atoms with E-state index in [1.807, 2.05) is 0 Å². The Morgan fingerprint density at radius 1 is 0.712 bits per heavy atom. The van der Waals surface area contributed by atoms with E-state index in [0.717, 1.165) is 38.5 Å². The van der Waals surface area contributed by atoms with Crippen molar-refractivity contribution in [3.05, 3.63) is 174 Å². The summed E-state index contributed by atoms with van der Waals surface area (Å²) >= 11 is 0. The molecule has 0 saturated carbocycles. The average Bonchev–Trinajstić information content (AvgIpc) is 3.56. The number of benzene rings is 3. The maximum atomic E-state index is 7.51. The first kappa shape index (κ1) is 31.0. The molecule has 2 saturated heterocycles. The molecule has 3 nitrogen and oxygen atoms in total. The van der Waals surface area contributed by atoms with E-state index in [1.54, 1.807) is 0 Å². The van der Waals surface area contributed by atoms with E-state index in [9.17, 15) is 0 Å². The van der Waals surface area contributed by atoms with Crippen LogP contribution in [0.1, 0.15) is 67.1 Å². The minimum Gasteiger partial charge on any atom is -0.494 e. The van der Waals surface area contributed by atoms with Gasteiger partial charge in [0.1, 0.15) is 11.9 Å². The number of hydrogen-bond acceptors (Lipinski definition) is 3. The molecule has 11 rings (SSSR count). The third-order valence-corrected chi connectivity index (χ3v) is 14.1. The van der Waals surface area contributed by atoms with Crippen molar-refractivity contribution in [1.29, 1.82) is 0 Å². The molecule has 0 bridgehead atoms. The fourth-order valence-corrected chi connectivity index (χ4v) is 12.3. The van der Waals surface area contributed by atoms with E-state index in [0.29, 0.717) is 35.5 Å². The molecule has 52 heavy (non-hydrogen) atoms. The lowest BCUT2D eigenvalue weighted by atomic mass is 9.43. The molecule has 3 aliphatic heterocycles. The van der Waals surface area contributed by atoms with E-state index >= 15 is 0 Å². The van der Waals surface area contributed by atoms with Gasteiger partial charge in [-0.3, -0.25) is 0 Å². The molecule has 260 valence electrons. The molecule has 3 heterocycles. The second kappa shape index (κ2) is 12.2. The van der Waals surface area contributed by atoms with Crippen LogP contribution in [0.25, 0.3) is 5.57 Å². The molecule has 11 atom stereocenters. The van der Waals surface area contributed by atoms with Gasteiger partial charge in [0.15, 0.2) is 0 Å². The molecule has 3 aromatic rings. The highest BCUT2D eigenvalue weighted by Gasteiger charge is 2.67. The Balaban J connectivity index is 1.08. The number of rotatable bonds is 3. The highest BCUT2D eigenvalue weighted by atomic mass is 16.5. The van der Waals surface area contributed by atoms with Gasteiger partial charge < -0.3 is 14.4 Å². The van der Waals surface area contributed by atoms with Gasteiger partial charge in [-0.15, -0.1) is 0 Å². The van der Waals surface area contributed by atoms with Crippen molar-refractivity contribution in [3.63, 3.8) is 0 Å². The standard InChI is InChI=1S/C49H47NO2/c1-3-15-32(16-4-1)36-21-14-25-41-48(36)52-46-30-29-33(31-42(46)49(41)39-23-8-11-27-44(39)51-45-28-12-9-24-40(45)49)35-20-13-22-38-37-19-7-10-26-43(37)50(47(35)38)34-17-5-2-6-18-34/h1-11,13,15-22,24,26-27,29-30,33,37,39-43,45-46,48H,12,14,23,25,28,31H2/t33?,37?,39?,40-,41?,42?,43?,45?,46?,48?,49-/m0/s1. The summed E-state index contributed by atoms with van der Waals surface area (Å²) in [7, 11) is 0. The third kappa shape index (κ3) is 4.48. The zero-order valence-corrected chi connectivity index (χ0v) is 29.7. The van der Waals surface area contributed by atoms with Crippen LogP contribution in [-0.4, -0.2) is 24.4 Å². The molecule has 2 fully saturated rings. The molecular formula is C49H47NO2. The van der Waals surface area contributed by atoms with E-state index in [4.69, 9.17) is 9.47 Å². The van der Waals surface area contributed by atoms with Gasteiger partial charge in [-0.25, -0.2) is 0 Å². The largest absolute Gasteiger partial charge is 0.494 e. The van der Waals surface area contributed by atoms with Crippen LogP contribution in [0.5, 0.6) is 0 Å². The van der Waals surface area contributed by atoms with E-state index in [-0.39, 0.29) is 29.8 Å². The predicted molar refractivity (Wildman–Crippen MR) is 210 cm³/mol. The lowest BCUT2D eigenvalue weighted by molar-refractivity contribution is -0.235. The van der Waals surface area contributed by atoms with E-state index in [2.05, 4.69) is 157 Å². The predicted octanol–water partition coefficient (Wildman–Crippen LogP) is 11.1. The Labute approximate surface area is 308 Å². The summed E-state index contributed by atoms with van der Waals surface area (Å²) in [5.41, 5.74) is 8.31. The summed E-state index contributed by atoms with van der Waals surface area (Å²) in [6.07, 6.45) is 35.8. The highest BCUT2D eigenvalue weighted by Crippen LogP contribution is 2.69. The van der Waals surface area contributed by atoms with Crippen LogP contribution in [0.2, 0.25) is 0 Å². The molecule has 3 heteroatoms. The van der Waals surface area contributed by atoms with Crippen molar-refractivity contribution in [2.75, 3.05) is 4.90 Å². The molecule has 8 aliphatic rings. The molecule has 0 aromatic heterocycles. The van der Waals surface area contributed by atoms with Gasteiger partial charge in [-0.05, 0) is 90.8 Å². The van der Waals surface area contributed by atoms with Gasteiger partial charge in [0.2, 0.25) is 0 Å². The summed E-state index contributed by atoms with van der Waals surface area (Å²) < 4.78 is 14.6. The Hall–Kier alpha value is -4.60. The van der Waals surface area contributed by atoms with Crippen LogP contribution >= 0.6 is 0 Å². The van der Waals surface area contributed by atoms with E-state index < -0.39 is 0 Å². The minimum atomic E-state index is 0.0118. The molecule has 0 amide bonds. The SMILES string of the molecule is C1=CCC2C(=C1)OC1CCC=C[C@@H]1[C@@]21C2CC(c3cccc4c3N(c3ccccc3)C3C=CC=CC43)C=CC2OC2C(c3ccccc3)=CCCC21. The van der Waals surface area contributed by atoms with Crippen LogP contribution in [-0.2, 0) is 9.47 Å². The fraction of sp³-hybridized carbons (Fsp3) is 0.347. The topological polar surface area (TPSA) is 21.7 Å². The average molecular weight is 682 g/mol. The van der Waals surface area contributed by atoms with Gasteiger partial charge in [-0.2, -0.15) is 0 Å². The third-order valence-electron chi connectivity index (χ3n) is 14.1. The first-order valence-electron chi connectivity index (χ1n) is 19.9. The van der Waals surface area contributed by atoms with Crippen molar-refractivity contribution in [3.8, 4) is 0 Å². The number of fused-ring (bicyclic) bond motifs is 11. The molecule has 5 aliphatic carbocycles. The smallest absolute Gasteiger partial charge is 0.105 e. The number of para-hydroxylation sites is 2. The number of ether oxygens (including phenoxy) is 2. The van der Waals surface area contributed by atoms with Crippen LogP contribution in [0, 0.1) is 29.1 Å². The fourth-order valence-electron chi connectivity index (χ4n) is 12.3. The summed E-state index contributed by atoms with van der Waals surface area (Å²) in [5.74, 6) is 3.35. The minimum absolute atomic E-state index is 0.0118. The van der Waals surface area contributed by atoms with Crippen molar-refractivity contribution in [1.82, 2.24) is 0 Å². The number of hydrogen-bond donors (Lipinski definition) is 0. The first-order valence-corrected chi connectivity index (χ1v) is 19.9. The van der Waals surface area contributed by atoms with Crippen molar-refractivity contribution in [2.45, 2.75) is 74.7 Å². The normalized spacial score (nSPS) is 37.5. The quantitative estimate of drug-likeness (QED) is 0.257. The molecule has 0 radical (unpaired) electrons. The lowest BCUT2D eigenvalue weighted by Crippen LogP contribution is -2.66. The van der Waals surface area contributed by atoms with Gasteiger partial charge in [0, 0.05) is 40.5 Å². The summed E-state index contributed by atoms with van der Waals surface area (Å²) in [6.45, 7) is 0. The maximum Gasteiger partial charge on any atom is 0.105 e. The van der Waals surface area contributed by atoms with E-state index in [1.165, 1.54) is 39.4 Å². The zero-order chi connectivity index (χ0) is 34.2. The maximum absolute atomic E-state index is 7.51. The monoisotopic (exact) mass is 681 g/mol. The number of allylic oxidation sites excluding steroid dienone is 9. The second-order valence-electron chi connectivity index (χ2n) is 16.3. The number of anilines is 2. The van der Waals surface area contributed by atoms with Gasteiger partial charge in [-0.1, -0.05) is 134 Å². The molecular weight excluding hydrogens is 635 g/mol. The van der Waals surface area contributed by atoms with Crippen LogP contribution in [0.15, 0.2) is 158 Å². The summed E-state index contributed by atoms with van der Waals surface area (Å²) in [5, 5.41) is 0. The van der Waals surface area contributed by atoms with Crippen molar-refractivity contribution in [2.24, 2.45) is 29.1 Å². The Kier molecular flexibility index (Phi) is 7.29. The summed E-state index contributed by atoms with van der Waals surface area (Å²) in [6, 6.07) is 29.6. The van der Waals surface area contributed by atoms with Crippen LogP contribution in [0.4, 0.5) is 11.4 Å². The van der Waals surface area contributed by atoms with Crippen molar-refractivity contribution >= 4 is 16.9 Å². The second-order valence-corrected chi connectivity index (χ2v) is 16.3. The van der Waals surface area contributed by atoms with Crippen LogP contribution in [0.3, 0.4) is 0 Å². The molecule has 0 N–H and O–H groups in total. The molecule has 9 unspecified atom stereocenters. The van der Waals surface area contributed by atoms with Crippen molar-refractivity contribution < 1.29 is 9.47 Å². The highest BCUT2D eigenvalue weighted by molar-refractivity contribution is 5.79. The first-order chi connectivity index (χ1) is 25.8.